The molecule has 2 rings (SSSR count). The second kappa shape index (κ2) is 8.97. The maximum atomic E-state index is 12.2. The highest BCUT2D eigenvalue weighted by molar-refractivity contribution is 5.80. The minimum atomic E-state index is -0.576. The van der Waals surface area contributed by atoms with E-state index in [0.29, 0.717) is 23.8 Å². The van der Waals surface area contributed by atoms with Gasteiger partial charge in [0, 0.05) is 6.54 Å². The van der Waals surface area contributed by atoms with Crippen LogP contribution in [0.25, 0.3) is 0 Å². The molecule has 0 aliphatic carbocycles. The van der Waals surface area contributed by atoms with E-state index in [1.165, 1.54) is 0 Å². The molecule has 0 saturated heterocycles. The van der Waals surface area contributed by atoms with Crippen LogP contribution in [0.5, 0.6) is 17.2 Å². The maximum absolute atomic E-state index is 12.2. The van der Waals surface area contributed by atoms with Crippen molar-refractivity contribution >= 4 is 5.91 Å². The van der Waals surface area contributed by atoms with Gasteiger partial charge in [-0.1, -0.05) is 24.3 Å². The van der Waals surface area contributed by atoms with E-state index in [9.17, 15) is 4.79 Å². The van der Waals surface area contributed by atoms with Crippen LogP contribution in [0, 0.1) is 0 Å². The van der Waals surface area contributed by atoms with Crippen molar-refractivity contribution in [2.24, 2.45) is 0 Å². The van der Waals surface area contributed by atoms with Gasteiger partial charge in [0.2, 0.25) is 0 Å². The van der Waals surface area contributed by atoms with Crippen LogP contribution in [0.15, 0.2) is 48.5 Å². The zero-order valence-electron chi connectivity index (χ0n) is 15.1. The molecule has 2 aromatic carbocycles. The number of carbonyl (C=O) groups excluding carboxylic acids is 1. The third-order valence-corrected chi connectivity index (χ3v) is 3.48. The molecule has 0 aromatic heterocycles. The molecule has 0 aliphatic rings. The lowest BCUT2D eigenvalue weighted by Crippen LogP contribution is -2.35. The van der Waals surface area contributed by atoms with Crippen molar-refractivity contribution in [1.29, 1.82) is 0 Å². The van der Waals surface area contributed by atoms with Gasteiger partial charge in [-0.3, -0.25) is 4.79 Å². The van der Waals surface area contributed by atoms with Crippen LogP contribution in [0.2, 0.25) is 0 Å². The van der Waals surface area contributed by atoms with E-state index in [1.807, 2.05) is 62.4 Å². The van der Waals surface area contributed by atoms with E-state index in [-0.39, 0.29) is 12.0 Å². The second-order valence-corrected chi connectivity index (χ2v) is 5.94. The van der Waals surface area contributed by atoms with Crippen LogP contribution in [0.3, 0.4) is 0 Å². The van der Waals surface area contributed by atoms with Gasteiger partial charge in [0.15, 0.2) is 17.6 Å². The monoisotopic (exact) mass is 343 g/mol. The smallest absolute Gasteiger partial charge is 0.261 e. The average molecular weight is 343 g/mol. The first-order valence-electron chi connectivity index (χ1n) is 8.32. The molecular weight excluding hydrogens is 318 g/mol. The summed E-state index contributed by atoms with van der Waals surface area (Å²) in [5, 5.41) is 2.87. The summed E-state index contributed by atoms with van der Waals surface area (Å²) in [5.41, 5.74) is 0.924. The normalized spacial score (nSPS) is 11.7. The number of carbonyl (C=O) groups is 1. The largest absolute Gasteiger partial charge is 0.493 e. The molecule has 1 amide bonds. The Labute approximate surface area is 148 Å². The van der Waals surface area contributed by atoms with E-state index < -0.39 is 6.10 Å². The molecule has 5 heteroatoms. The van der Waals surface area contributed by atoms with Crippen molar-refractivity contribution in [3.05, 3.63) is 54.1 Å². The summed E-state index contributed by atoms with van der Waals surface area (Å²) in [5.74, 6) is 1.83. The lowest BCUT2D eigenvalue weighted by atomic mass is 10.2. The lowest BCUT2D eigenvalue weighted by molar-refractivity contribution is -0.127. The summed E-state index contributed by atoms with van der Waals surface area (Å²) in [6.45, 7) is 6.03. The van der Waals surface area contributed by atoms with Gasteiger partial charge >= 0.3 is 0 Å². The SMILES string of the molecule is COc1cc(CNC(=O)[C@H](C)Oc2ccccc2)ccc1OC(C)C. The van der Waals surface area contributed by atoms with E-state index in [4.69, 9.17) is 14.2 Å². The molecule has 0 heterocycles. The molecule has 0 unspecified atom stereocenters. The van der Waals surface area contributed by atoms with Gasteiger partial charge in [-0.05, 0) is 50.6 Å². The Hall–Kier alpha value is -2.69. The Morgan fingerprint density at radius 3 is 2.36 bits per heavy atom. The molecule has 0 saturated carbocycles. The van der Waals surface area contributed by atoms with Crippen LogP contribution in [-0.4, -0.2) is 25.2 Å². The molecule has 1 atom stereocenters. The predicted molar refractivity (Wildman–Crippen MR) is 97.1 cm³/mol. The first-order valence-corrected chi connectivity index (χ1v) is 8.32. The van der Waals surface area contributed by atoms with Gasteiger partial charge in [0.05, 0.1) is 13.2 Å². The van der Waals surface area contributed by atoms with Crippen molar-refractivity contribution in [3.63, 3.8) is 0 Å². The minimum absolute atomic E-state index is 0.0652. The number of para-hydroxylation sites is 1. The third-order valence-electron chi connectivity index (χ3n) is 3.48. The number of benzene rings is 2. The quantitative estimate of drug-likeness (QED) is 0.796. The number of amides is 1. The molecule has 0 bridgehead atoms. The standard InChI is InChI=1S/C20H25NO4/c1-14(2)24-18-11-10-16(12-19(18)23-4)13-21-20(22)15(3)25-17-8-6-5-7-9-17/h5-12,14-15H,13H2,1-4H3,(H,21,22)/t15-/m0/s1. The van der Waals surface area contributed by atoms with Crippen molar-refractivity contribution in [2.75, 3.05) is 7.11 Å². The molecule has 25 heavy (non-hydrogen) atoms. The highest BCUT2D eigenvalue weighted by Crippen LogP contribution is 2.28. The summed E-state index contributed by atoms with van der Waals surface area (Å²) >= 11 is 0. The Bertz CT molecular complexity index is 685. The van der Waals surface area contributed by atoms with Crippen LogP contribution >= 0.6 is 0 Å². The highest BCUT2D eigenvalue weighted by Gasteiger charge is 2.15. The summed E-state index contributed by atoms with van der Waals surface area (Å²) in [6.07, 6.45) is -0.511. The summed E-state index contributed by atoms with van der Waals surface area (Å²) in [7, 11) is 1.60. The molecule has 134 valence electrons. The molecule has 1 N–H and O–H groups in total. The van der Waals surface area contributed by atoms with E-state index >= 15 is 0 Å². The van der Waals surface area contributed by atoms with Gasteiger partial charge in [0.1, 0.15) is 5.75 Å². The van der Waals surface area contributed by atoms with Gasteiger partial charge in [-0.25, -0.2) is 0 Å². The minimum Gasteiger partial charge on any atom is -0.493 e. The van der Waals surface area contributed by atoms with Gasteiger partial charge < -0.3 is 19.5 Å². The van der Waals surface area contributed by atoms with Crippen molar-refractivity contribution in [3.8, 4) is 17.2 Å². The average Bonchev–Trinajstić information content (AvgIpc) is 2.60. The van der Waals surface area contributed by atoms with Crippen molar-refractivity contribution < 1.29 is 19.0 Å². The van der Waals surface area contributed by atoms with E-state index in [2.05, 4.69) is 5.32 Å². The number of rotatable bonds is 8. The molecular formula is C20H25NO4. The van der Waals surface area contributed by atoms with Crippen LogP contribution < -0.4 is 19.5 Å². The first-order chi connectivity index (χ1) is 12.0. The number of hydrogen-bond donors (Lipinski definition) is 1. The van der Waals surface area contributed by atoms with Gasteiger partial charge in [-0.15, -0.1) is 0 Å². The number of hydrogen-bond acceptors (Lipinski definition) is 4. The second-order valence-electron chi connectivity index (χ2n) is 5.94. The summed E-state index contributed by atoms with van der Waals surface area (Å²) in [6, 6.07) is 14.9. The van der Waals surface area contributed by atoms with E-state index in [1.54, 1.807) is 14.0 Å². The molecule has 0 radical (unpaired) electrons. The summed E-state index contributed by atoms with van der Waals surface area (Å²) in [4.78, 5) is 12.2. The number of methoxy groups -OCH3 is 1. The molecule has 0 aliphatic heterocycles. The zero-order valence-corrected chi connectivity index (χ0v) is 15.1. The van der Waals surface area contributed by atoms with Gasteiger partial charge in [-0.2, -0.15) is 0 Å². The summed E-state index contributed by atoms with van der Waals surface area (Å²) < 4.78 is 16.7. The first kappa shape index (κ1) is 18.6. The Kier molecular flexibility index (Phi) is 6.69. The van der Waals surface area contributed by atoms with E-state index in [0.717, 1.165) is 5.56 Å². The molecule has 5 nitrogen and oxygen atoms in total. The third kappa shape index (κ3) is 5.71. The lowest BCUT2D eigenvalue weighted by Gasteiger charge is -2.16. The Balaban J connectivity index is 1.92. The van der Waals surface area contributed by atoms with Crippen molar-refractivity contribution in [1.82, 2.24) is 5.32 Å². The fraction of sp³-hybridized carbons (Fsp3) is 0.350. The van der Waals surface area contributed by atoms with Crippen LogP contribution in [-0.2, 0) is 11.3 Å². The highest BCUT2D eigenvalue weighted by atomic mass is 16.5. The Morgan fingerprint density at radius 1 is 1.00 bits per heavy atom. The fourth-order valence-electron chi connectivity index (χ4n) is 2.26. The van der Waals surface area contributed by atoms with Crippen LogP contribution in [0.4, 0.5) is 0 Å². The molecule has 2 aromatic rings. The number of nitrogens with one attached hydrogen (secondary N) is 1. The number of ether oxygens (including phenoxy) is 3. The van der Waals surface area contributed by atoms with Crippen LogP contribution in [0.1, 0.15) is 26.3 Å². The van der Waals surface area contributed by atoms with Crippen molar-refractivity contribution in [2.45, 2.75) is 39.5 Å². The molecule has 0 fully saturated rings. The maximum Gasteiger partial charge on any atom is 0.261 e. The van der Waals surface area contributed by atoms with Gasteiger partial charge in [0.25, 0.3) is 5.91 Å². The topological polar surface area (TPSA) is 56.8 Å². The Morgan fingerprint density at radius 2 is 1.72 bits per heavy atom. The molecule has 0 spiro atoms. The predicted octanol–water partition coefficient (Wildman–Crippen LogP) is 3.57. The fourth-order valence-corrected chi connectivity index (χ4v) is 2.26. The zero-order chi connectivity index (χ0) is 18.2.